The van der Waals surface area contributed by atoms with Crippen LogP contribution in [-0.2, 0) is 11.3 Å². The predicted octanol–water partition coefficient (Wildman–Crippen LogP) is 5.68. The molecular weight excluding hydrogens is 458 g/mol. The van der Waals surface area contributed by atoms with Crippen LogP contribution < -0.4 is 10.1 Å². The fourth-order valence-electron chi connectivity index (χ4n) is 6.29. The van der Waals surface area contributed by atoms with Gasteiger partial charge in [-0.25, -0.2) is 0 Å². The molecule has 1 aromatic heterocycles. The lowest BCUT2D eigenvalue weighted by molar-refractivity contribution is -0.134. The molecule has 2 atom stereocenters. The van der Waals surface area contributed by atoms with Crippen molar-refractivity contribution >= 4 is 23.4 Å². The molecule has 1 saturated heterocycles. The van der Waals surface area contributed by atoms with Crippen molar-refractivity contribution in [3.8, 4) is 5.75 Å². The third-order valence-corrected chi connectivity index (χ3v) is 9.01. The van der Waals surface area contributed by atoms with Crippen molar-refractivity contribution in [1.82, 2.24) is 19.7 Å². The van der Waals surface area contributed by atoms with Crippen LogP contribution >= 0.6 is 11.8 Å². The molecule has 2 heterocycles. The number of methoxy groups -OCH3 is 1. The van der Waals surface area contributed by atoms with Gasteiger partial charge in [0.15, 0.2) is 11.0 Å². The van der Waals surface area contributed by atoms with E-state index < -0.39 is 0 Å². The average Bonchev–Trinajstić information content (AvgIpc) is 3.33. The largest absolute Gasteiger partial charge is 0.497 e. The molecule has 2 saturated carbocycles. The van der Waals surface area contributed by atoms with Crippen LogP contribution in [0.5, 0.6) is 5.75 Å². The summed E-state index contributed by atoms with van der Waals surface area (Å²) in [6, 6.07) is 8.83. The maximum atomic E-state index is 13.3. The molecule has 0 unspecified atom stereocenters. The number of aromatic nitrogens is 3. The zero-order chi connectivity index (χ0) is 24.0. The van der Waals surface area contributed by atoms with E-state index in [9.17, 15) is 4.79 Å². The minimum absolute atomic E-state index is 0.279. The van der Waals surface area contributed by atoms with Crippen molar-refractivity contribution < 1.29 is 9.53 Å². The van der Waals surface area contributed by atoms with Crippen LogP contribution in [0.25, 0.3) is 0 Å². The number of amides is 1. The summed E-state index contributed by atoms with van der Waals surface area (Å²) in [6.07, 6.45) is 13.6. The summed E-state index contributed by atoms with van der Waals surface area (Å²) in [4.78, 5) is 15.5. The highest BCUT2D eigenvalue weighted by molar-refractivity contribution is 7.99. The molecule has 0 bridgehead atoms. The second kappa shape index (κ2) is 11.7. The van der Waals surface area contributed by atoms with Gasteiger partial charge < -0.3 is 19.5 Å². The number of nitrogens with one attached hydrogen (secondary N) is 1. The average molecular weight is 498 g/mol. The molecule has 35 heavy (non-hydrogen) atoms. The minimum Gasteiger partial charge on any atom is -0.497 e. The summed E-state index contributed by atoms with van der Waals surface area (Å²) in [5.74, 6) is 3.22. The van der Waals surface area contributed by atoms with E-state index in [2.05, 4.69) is 25.0 Å². The van der Waals surface area contributed by atoms with Crippen LogP contribution in [0.15, 0.2) is 29.4 Å². The molecule has 1 N–H and O–H groups in total. The van der Waals surface area contributed by atoms with Crippen molar-refractivity contribution in [2.75, 3.05) is 24.7 Å². The molecule has 2 aromatic rings. The van der Waals surface area contributed by atoms with Crippen molar-refractivity contribution in [2.45, 2.75) is 94.4 Å². The Labute approximate surface area is 213 Å². The molecule has 1 aromatic carbocycles. The van der Waals surface area contributed by atoms with Gasteiger partial charge in [0.2, 0.25) is 5.91 Å². The molecule has 5 rings (SSSR count). The summed E-state index contributed by atoms with van der Waals surface area (Å²) < 4.78 is 7.68. The first-order valence-electron chi connectivity index (χ1n) is 13.5. The number of anilines is 1. The molecule has 1 aliphatic heterocycles. The summed E-state index contributed by atoms with van der Waals surface area (Å²) in [6.45, 7) is 1.52. The fraction of sp³-hybridized carbons (Fsp3) is 0.667. The molecule has 0 spiro atoms. The van der Waals surface area contributed by atoms with E-state index in [1.165, 1.54) is 51.4 Å². The number of hydrogen-bond acceptors (Lipinski definition) is 6. The van der Waals surface area contributed by atoms with Gasteiger partial charge in [-0.15, -0.1) is 10.2 Å². The van der Waals surface area contributed by atoms with Crippen molar-refractivity contribution in [3.63, 3.8) is 0 Å². The van der Waals surface area contributed by atoms with Gasteiger partial charge >= 0.3 is 0 Å². The minimum atomic E-state index is 0.279. The van der Waals surface area contributed by atoms with Gasteiger partial charge in [0.05, 0.1) is 19.4 Å². The number of carbonyl (C=O) groups excluding carboxylic acids is 1. The predicted molar refractivity (Wildman–Crippen MR) is 140 cm³/mol. The molecular formula is C27H39N5O2S. The van der Waals surface area contributed by atoms with E-state index in [1.807, 2.05) is 24.3 Å². The van der Waals surface area contributed by atoms with E-state index in [-0.39, 0.29) is 5.91 Å². The highest BCUT2D eigenvalue weighted by atomic mass is 32.2. The summed E-state index contributed by atoms with van der Waals surface area (Å²) >= 11 is 1.58. The van der Waals surface area contributed by atoms with Gasteiger partial charge in [0.25, 0.3) is 0 Å². The third-order valence-electron chi connectivity index (χ3n) is 8.08. The van der Waals surface area contributed by atoms with Crippen LogP contribution in [0.4, 0.5) is 5.69 Å². The molecule has 7 nitrogen and oxygen atoms in total. The van der Waals surface area contributed by atoms with Crippen molar-refractivity contribution in [1.29, 1.82) is 0 Å². The topological polar surface area (TPSA) is 72.3 Å². The van der Waals surface area contributed by atoms with Crippen LogP contribution in [0.2, 0.25) is 0 Å². The number of rotatable bonds is 8. The van der Waals surface area contributed by atoms with E-state index in [4.69, 9.17) is 4.74 Å². The maximum Gasteiger partial charge on any atom is 0.233 e. The lowest BCUT2D eigenvalue weighted by Crippen LogP contribution is -2.50. The Bertz CT molecular complexity index is 988. The summed E-state index contributed by atoms with van der Waals surface area (Å²) in [7, 11) is 1.68. The Balaban J connectivity index is 1.28. The number of carbonyl (C=O) groups is 1. The quantitative estimate of drug-likeness (QED) is 0.473. The molecule has 1 amide bonds. The standard InChI is InChI=1S/C27H39N5O2S/c1-34-23-14-7-11-21(17-23)28-18-25-29-30-27(32(25)22-12-3-2-4-13-22)35-19-26(33)31-16-8-10-20-9-5-6-15-24(20)31/h7,11,14,17,20,22,24,28H,2-6,8-10,12-13,15-16,18-19H2,1H3/t20-,24-/m0/s1. The fourth-order valence-corrected chi connectivity index (χ4v) is 7.20. The number of likely N-dealkylation sites (tertiary alicyclic amines) is 1. The molecule has 0 radical (unpaired) electrons. The van der Waals surface area contributed by atoms with Crippen molar-refractivity contribution in [2.24, 2.45) is 5.92 Å². The highest BCUT2D eigenvalue weighted by Gasteiger charge is 2.35. The summed E-state index contributed by atoms with van der Waals surface area (Å²) in [5, 5.41) is 13.5. The summed E-state index contributed by atoms with van der Waals surface area (Å²) in [5.41, 5.74) is 0.999. The van der Waals surface area contributed by atoms with E-state index in [1.54, 1.807) is 18.9 Å². The number of nitrogens with zero attached hydrogens (tertiary/aromatic N) is 4. The monoisotopic (exact) mass is 497 g/mol. The van der Waals surface area contributed by atoms with Gasteiger partial charge in [0, 0.05) is 30.4 Å². The second-order valence-electron chi connectivity index (χ2n) is 10.3. The van der Waals surface area contributed by atoms with Crippen LogP contribution in [0.3, 0.4) is 0 Å². The third kappa shape index (κ3) is 5.79. The van der Waals surface area contributed by atoms with E-state index in [0.717, 1.165) is 48.2 Å². The number of thioether (sulfide) groups is 1. The van der Waals surface area contributed by atoms with Gasteiger partial charge in [-0.2, -0.15) is 0 Å². The Kier molecular flexibility index (Phi) is 8.16. The van der Waals surface area contributed by atoms with E-state index >= 15 is 0 Å². The Hall–Kier alpha value is -2.22. The number of ether oxygens (including phenoxy) is 1. The molecule has 190 valence electrons. The maximum absolute atomic E-state index is 13.3. The number of fused-ring (bicyclic) bond motifs is 1. The van der Waals surface area contributed by atoms with Gasteiger partial charge in [-0.05, 0) is 56.6 Å². The normalized spacial score (nSPS) is 23.1. The molecule has 3 aliphatic rings. The number of hydrogen-bond donors (Lipinski definition) is 1. The Morgan fingerprint density at radius 1 is 1.06 bits per heavy atom. The number of piperidine rings is 1. The lowest BCUT2D eigenvalue weighted by Gasteiger charge is -2.44. The lowest BCUT2D eigenvalue weighted by atomic mass is 9.78. The number of benzene rings is 1. The van der Waals surface area contributed by atoms with Gasteiger partial charge in [-0.3, -0.25) is 4.79 Å². The van der Waals surface area contributed by atoms with Crippen LogP contribution in [0.1, 0.15) is 82.5 Å². The van der Waals surface area contributed by atoms with Gasteiger partial charge in [-0.1, -0.05) is 49.9 Å². The second-order valence-corrected chi connectivity index (χ2v) is 11.2. The zero-order valence-electron chi connectivity index (χ0n) is 21.0. The van der Waals surface area contributed by atoms with E-state index in [0.29, 0.717) is 30.3 Å². The van der Waals surface area contributed by atoms with Gasteiger partial charge in [0.1, 0.15) is 5.75 Å². The van der Waals surface area contributed by atoms with Crippen molar-refractivity contribution in [3.05, 3.63) is 30.1 Å². The highest BCUT2D eigenvalue weighted by Crippen LogP contribution is 2.37. The van der Waals surface area contributed by atoms with Crippen LogP contribution in [0, 0.1) is 5.92 Å². The first-order valence-corrected chi connectivity index (χ1v) is 14.5. The Morgan fingerprint density at radius 2 is 1.86 bits per heavy atom. The molecule has 3 fully saturated rings. The first-order chi connectivity index (χ1) is 17.2. The smallest absolute Gasteiger partial charge is 0.233 e. The zero-order valence-corrected chi connectivity index (χ0v) is 21.8. The Morgan fingerprint density at radius 3 is 2.71 bits per heavy atom. The molecule has 8 heteroatoms. The van der Waals surface area contributed by atoms with Crippen LogP contribution in [-0.4, -0.2) is 51.0 Å². The molecule has 2 aliphatic carbocycles. The SMILES string of the molecule is COc1cccc(NCc2nnc(SCC(=O)N3CCC[C@@H]4CCCC[C@@H]43)n2C2CCCCC2)c1. The first kappa shape index (κ1) is 24.5.